The van der Waals surface area contributed by atoms with Crippen LogP contribution in [0.15, 0.2) is 0 Å². The molecule has 7 nitrogen and oxygen atoms in total. The van der Waals surface area contributed by atoms with E-state index in [9.17, 15) is 0 Å². The number of hydrogen-bond donors (Lipinski definition) is 3. The van der Waals surface area contributed by atoms with Crippen molar-refractivity contribution in [1.82, 2.24) is 15.0 Å². The van der Waals surface area contributed by atoms with Gasteiger partial charge in [0, 0.05) is 25.7 Å². The molecule has 0 spiro atoms. The Labute approximate surface area is 120 Å². The molecule has 0 aliphatic rings. The van der Waals surface area contributed by atoms with Crippen molar-refractivity contribution < 1.29 is 5.11 Å². The largest absolute Gasteiger partial charge is 0.396 e. The molecule has 20 heavy (non-hydrogen) atoms. The van der Waals surface area contributed by atoms with Crippen molar-refractivity contribution in [3.63, 3.8) is 0 Å². The Balaban J connectivity index is 2.94. The Morgan fingerprint density at radius 2 is 1.85 bits per heavy atom. The number of nitrogens with one attached hydrogen (secondary N) is 1. The number of aliphatic hydroxyl groups is 1. The van der Waals surface area contributed by atoms with E-state index in [2.05, 4.69) is 34.1 Å². The van der Waals surface area contributed by atoms with Gasteiger partial charge >= 0.3 is 0 Å². The number of nitrogen functional groups attached to an aromatic ring is 1. The Hall–Kier alpha value is -1.63. The van der Waals surface area contributed by atoms with Crippen molar-refractivity contribution in [3.05, 3.63) is 0 Å². The van der Waals surface area contributed by atoms with Crippen LogP contribution in [-0.4, -0.2) is 45.8 Å². The van der Waals surface area contributed by atoms with E-state index in [1.165, 1.54) is 0 Å². The van der Waals surface area contributed by atoms with Crippen LogP contribution in [0.25, 0.3) is 0 Å². The molecule has 0 aliphatic heterocycles. The first-order valence-corrected chi connectivity index (χ1v) is 7.15. The van der Waals surface area contributed by atoms with Crippen molar-refractivity contribution in [2.24, 2.45) is 5.92 Å². The zero-order valence-corrected chi connectivity index (χ0v) is 12.8. The van der Waals surface area contributed by atoms with Crippen LogP contribution in [0.4, 0.5) is 17.8 Å². The van der Waals surface area contributed by atoms with Gasteiger partial charge in [0.05, 0.1) is 0 Å². The molecule has 0 aliphatic carbocycles. The summed E-state index contributed by atoms with van der Waals surface area (Å²) in [5.41, 5.74) is 5.75. The average Bonchev–Trinajstić information content (AvgIpc) is 2.39. The molecule has 0 saturated carbocycles. The highest BCUT2D eigenvalue weighted by atomic mass is 16.3. The quantitative estimate of drug-likeness (QED) is 0.657. The molecule has 1 aromatic rings. The summed E-state index contributed by atoms with van der Waals surface area (Å²) in [7, 11) is 0. The number of aliphatic hydroxyl groups excluding tert-OH is 1. The fourth-order valence-electron chi connectivity index (χ4n) is 1.97. The molecule has 0 fully saturated rings. The van der Waals surface area contributed by atoms with Gasteiger partial charge in [-0.3, -0.25) is 0 Å². The van der Waals surface area contributed by atoms with E-state index in [1.807, 2.05) is 18.7 Å². The summed E-state index contributed by atoms with van der Waals surface area (Å²) in [4.78, 5) is 14.7. The normalized spacial score (nSPS) is 12.5. The van der Waals surface area contributed by atoms with Crippen molar-refractivity contribution in [1.29, 1.82) is 0 Å². The first-order chi connectivity index (χ1) is 9.51. The van der Waals surface area contributed by atoms with E-state index in [4.69, 9.17) is 10.8 Å². The summed E-state index contributed by atoms with van der Waals surface area (Å²) >= 11 is 0. The van der Waals surface area contributed by atoms with Gasteiger partial charge in [-0.15, -0.1) is 0 Å². The predicted molar refractivity (Wildman–Crippen MR) is 81.8 cm³/mol. The van der Waals surface area contributed by atoms with Crippen molar-refractivity contribution in [3.8, 4) is 0 Å². The molecule has 0 bridgehead atoms. The zero-order chi connectivity index (χ0) is 15.1. The standard InChI is InChI=1S/C13H26N6O/c1-5-19(6-2)13-17-11(14)16-12(18-13)15-10(7-8-20)9(3)4/h9-10,20H,5-8H2,1-4H3,(H3,14,15,16,17,18). The van der Waals surface area contributed by atoms with E-state index >= 15 is 0 Å². The van der Waals surface area contributed by atoms with Gasteiger partial charge in [-0.1, -0.05) is 13.8 Å². The van der Waals surface area contributed by atoms with Crippen LogP contribution in [0.2, 0.25) is 0 Å². The fourth-order valence-corrected chi connectivity index (χ4v) is 1.97. The molecule has 0 saturated heterocycles. The van der Waals surface area contributed by atoms with Crippen LogP contribution in [0.5, 0.6) is 0 Å². The van der Waals surface area contributed by atoms with E-state index in [0.717, 1.165) is 13.1 Å². The lowest BCUT2D eigenvalue weighted by Gasteiger charge is -2.23. The van der Waals surface area contributed by atoms with Crippen LogP contribution >= 0.6 is 0 Å². The summed E-state index contributed by atoms with van der Waals surface area (Å²) in [5, 5.41) is 12.3. The van der Waals surface area contributed by atoms with E-state index in [0.29, 0.717) is 24.2 Å². The van der Waals surface area contributed by atoms with Crippen molar-refractivity contribution >= 4 is 17.8 Å². The maximum Gasteiger partial charge on any atom is 0.231 e. The second-order valence-corrected chi connectivity index (χ2v) is 5.00. The third kappa shape index (κ3) is 4.48. The number of rotatable bonds is 8. The van der Waals surface area contributed by atoms with Gasteiger partial charge in [0.25, 0.3) is 0 Å². The number of hydrogen-bond acceptors (Lipinski definition) is 7. The predicted octanol–water partition coefficient (Wildman–Crippen LogP) is 1.12. The average molecular weight is 282 g/mol. The topological polar surface area (TPSA) is 100 Å². The van der Waals surface area contributed by atoms with Gasteiger partial charge < -0.3 is 21.1 Å². The lowest BCUT2D eigenvalue weighted by atomic mass is 10.0. The van der Waals surface area contributed by atoms with Crippen LogP contribution in [0.1, 0.15) is 34.1 Å². The number of nitrogens with two attached hydrogens (primary N) is 1. The van der Waals surface area contributed by atoms with Gasteiger partial charge in [0.15, 0.2) is 0 Å². The maximum atomic E-state index is 9.11. The third-order valence-corrected chi connectivity index (χ3v) is 3.25. The first-order valence-electron chi connectivity index (χ1n) is 7.15. The molecule has 1 rings (SSSR count). The van der Waals surface area contributed by atoms with E-state index in [1.54, 1.807) is 0 Å². The van der Waals surface area contributed by atoms with Gasteiger partial charge in [0.2, 0.25) is 17.8 Å². The SMILES string of the molecule is CCN(CC)c1nc(N)nc(NC(CCO)C(C)C)n1. The van der Waals surface area contributed by atoms with Gasteiger partial charge in [-0.2, -0.15) is 15.0 Å². The monoisotopic (exact) mass is 282 g/mol. The van der Waals surface area contributed by atoms with Gasteiger partial charge in [0.1, 0.15) is 0 Å². The molecule has 1 unspecified atom stereocenters. The summed E-state index contributed by atoms with van der Waals surface area (Å²) < 4.78 is 0. The molecule has 1 atom stereocenters. The summed E-state index contributed by atoms with van der Waals surface area (Å²) in [6.07, 6.45) is 0.643. The lowest BCUT2D eigenvalue weighted by Crippen LogP contribution is -2.29. The van der Waals surface area contributed by atoms with Crippen LogP contribution in [0.3, 0.4) is 0 Å². The van der Waals surface area contributed by atoms with E-state index < -0.39 is 0 Å². The molecular weight excluding hydrogens is 256 g/mol. The Morgan fingerprint density at radius 1 is 1.20 bits per heavy atom. The Morgan fingerprint density at radius 3 is 2.35 bits per heavy atom. The number of aromatic nitrogens is 3. The van der Waals surface area contributed by atoms with Gasteiger partial charge in [-0.05, 0) is 26.2 Å². The second-order valence-electron chi connectivity index (χ2n) is 5.00. The molecule has 1 heterocycles. The molecule has 114 valence electrons. The zero-order valence-electron chi connectivity index (χ0n) is 12.8. The Bertz CT molecular complexity index is 408. The summed E-state index contributed by atoms with van der Waals surface area (Å²) in [6, 6.07) is 0.103. The minimum atomic E-state index is 0.103. The smallest absolute Gasteiger partial charge is 0.231 e. The van der Waals surface area contributed by atoms with Gasteiger partial charge in [-0.25, -0.2) is 0 Å². The highest BCUT2D eigenvalue weighted by Gasteiger charge is 2.16. The summed E-state index contributed by atoms with van der Waals surface area (Å²) in [5.74, 6) is 1.61. The van der Waals surface area contributed by atoms with Crippen LogP contribution < -0.4 is 16.0 Å². The fraction of sp³-hybridized carbons (Fsp3) is 0.769. The molecule has 1 aromatic heterocycles. The molecule has 0 radical (unpaired) electrons. The molecular formula is C13H26N6O. The molecule has 7 heteroatoms. The summed E-state index contributed by atoms with van der Waals surface area (Å²) in [6.45, 7) is 10.00. The number of nitrogens with zero attached hydrogens (tertiary/aromatic N) is 4. The van der Waals surface area contributed by atoms with Crippen molar-refractivity contribution in [2.45, 2.75) is 40.2 Å². The lowest BCUT2D eigenvalue weighted by molar-refractivity contribution is 0.267. The molecule has 4 N–H and O–H groups in total. The third-order valence-electron chi connectivity index (χ3n) is 3.25. The van der Waals surface area contributed by atoms with Crippen LogP contribution in [-0.2, 0) is 0 Å². The highest BCUT2D eigenvalue weighted by molar-refractivity contribution is 5.42. The van der Waals surface area contributed by atoms with Crippen LogP contribution in [0, 0.1) is 5.92 Å². The molecule has 0 amide bonds. The van der Waals surface area contributed by atoms with E-state index in [-0.39, 0.29) is 18.6 Å². The molecule has 0 aromatic carbocycles. The minimum absolute atomic E-state index is 0.103. The second kappa shape index (κ2) is 7.84. The minimum Gasteiger partial charge on any atom is -0.396 e. The Kier molecular flexibility index (Phi) is 6.44. The first kappa shape index (κ1) is 16.4. The number of anilines is 3. The maximum absolute atomic E-state index is 9.11. The highest BCUT2D eigenvalue weighted by Crippen LogP contribution is 2.15. The van der Waals surface area contributed by atoms with Crippen molar-refractivity contribution in [2.75, 3.05) is 35.6 Å².